The molecule has 0 radical (unpaired) electrons. The highest BCUT2D eigenvalue weighted by atomic mass is 16.5. The number of rotatable bonds is 3. The van der Waals surface area contributed by atoms with Crippen molar-refractivity contribution in [3.63, 3.8) is 0 Å². The highest BCUT2D eigenvalue weighted by Gasteiger charge is 2.29. The number of carbonyl (C=O) groups excluding carboxylic acids is 1. The van der Waals surface area contributed by atoms with Gasteiger partial charge in [0, 0.05) is 51.0 Å². The molecule has 138 valence electrons. The van der Waals surface area contributed by atoms with Crippen LogP contribution in [0.5, 0.6) is 5.88 Å². The second kappa shape index (κ2) is 8.15. The van der Waals surface area contributed by atoms with Crippen LogP contribution in [0, 0.1) is 6.92 Å². The van der Waals surface area contributed by atoms with Gasteiger partial charge in [-0.15, -0.1) is 0 Å². The Bertz CT molecular complexity index is 599. The molecule has 2 aliphatic heterocycles. The number of nitrogens with zero attached hydrogens (tertiary/aromatic N) is 4. The standard InChI is InChI=1S/C19H30N4O2/c1-15-7-8-17(18(20-15)25-3)19(24)23-9-5-4-6-16(14-23)22-12-10-21(2)11-13-22/h7-8,16H,4-6,9-14H2,1-3H3. The van der Waals surface area contributed by atoms with Crippen molar-refractivity contribution in [2.45, 2.75) is 32.2 Å². The zero-order valence-electron chi connectivity index (χ0n) is 15.7. The first kappa shape index (κ1) is 18.1. The predicted octanol–water partition coefficient (Wildman–Crippen LogP) is 1.64. The zero-order chi connectivity index (χ0) is 17.8. The van der Waals surface area contributed by atoms with Crippen LogP contribution in [0.4, 0.5) is 0 Å². The average molecular weight is 346 g/mol. The van der Waals surface area contributed by atoms with Gasteiger partial charge in [0.05, 0.1) is 7.11 Å². The monoisotopic (exact) mass is 346 g/mol. The van der Waals surface area contributed by atoms with Gasteiger partial charge in [0.2, 0.25) is 5.88 Å². The van der Waals surface area contributed by atoms with E-state index in [1.807, 2.05) is 24.0 Å². The average Bonchev–Trinajstić information content (AvgIpc) is 2.88. The molecule has 1 aromatic rings. The maximum atomic E-state index is 13.1. The number of likely N-dealkylation sites (tertiary alicyclic amines) is 1. The van der Waals surface area contributed by atoms with Crippen LogP contribution in [0.15, 0.2) is 12.1 Å². The molecular weight excluding hydrogens is 316 g/mol. The smallest absolute Gasteiger partial charge is 0.259 e. The summed E-state index contributed by atoms with van der Waals surface area (Å²) in [5, 5.41) is 0. The molecule has 2 aliphatic rings. The minimum absolute atomic E-state index is 0.0466. The third kappa shape index (κ3) is 4.30. The van der Waals surface area contributed by atoms with Crippen molar-refractivity contribution in [2.75, 3.05) is 53.4 Å². The number of methoxy groups -OCH3 is 1. The Morgan fingerprint density at radius 2 is 1.92 bits per heavy atom. The van der Waals surface area contributed by atoms with E-state index in [1.165, 1.54) is 12.8 Å². The number of aryl methyl sites for hydroxylation is 1. The van der Waals surface area contributed by atoms with Crippen molar-refractivity contribution >= 4 is 5.91 Å². The molecule has 0 aliphatic carbocycles. The van der Waals surface area contributed by atoms with Gasteiger partial charge in [-0.3, -0.25) is 9.69 Å². The molecule has 6 heteroatoms. The summed E-state index contributed by atoms with van der Waals surface area (Å²) in [6.07, 6.45) is 3.43. The van der Waals surface area contributed by atoms with Crippen LogP contribution in [0.1, 0.15) is 35.3 Å². The van der Waals surface area contributed by atoms with E-state index in [9.17, 15) is 4.79 Å². The Morgan fingerprint density at radius 1 is 1.16 bits per heavy atom. The number of pyridine rings is 1. The van der Waals surface area contributed by atoms with Crippen LogP contribution in [-0.2, 0) is 0 Å². The van der Waals surface area contributed by atoms with Crippen molar-refractivity contribution in [1.29, 1.82) is 0 Å². The number of carbonyl (C=O) groups is 1. The van der Waals surface area contributed by atoms with Gasteiger partial charge in [0.15, 0.2) is 0 Å². The van der Waals surface area contributed by atoms with Crippen molar-refractivity contribution in [2.24, 2.45) is 0 Å². The van der Waals surface area contributed by atoms with E-state index in [2.05, 4.69) is 21.8 Å². The summed E-state index contributed by atoms with van der Waals surface area (Å²) in [6, 6.07) is 4.19. The van der Waals surface area contributed by atoms with Crippen molar-refractivity contribution in [1.82, 2.24) is 19.7 Å². The predicted molar refractivity (Wildman–Crippen MR) is 98.1 cm³/mol. The number of piperazine rings is 1. The second-order valence-corrected chi connectivity index (χ2v) is 7.25. The van der Waals surface area contributed by atoms with Gasteiger partial charge in [0.1, 0.15) is 5.56 Å². The van der Waals surface area contributed by atoms with E-state index >= 15 is 0 Å². The molecule has 1 amide bonds. The van der Waals surface area contributed by atoms with E-state index in [0.717, 1.165) is 51.4 Å². The normalized spacial score (nSPS) is 23.3. The van der Waals surface area contributed by atoms with Gasteiger partial charge in [-0.1, -0.05) is 6.42 Å². The van der Waals surface area contributed by atoms with Gasteiger partial charge >= 0.3 is 0 Å². The summed E-state index contributed by atoms with van der Waals surface area (Å²) >= 11 is 0. The number of likely N-dealkylation sites (N-methyl/N-ethyl adjacent to an activating group) is 1. The fourth-order valence-electron chi connectivity index (χ4n) is 3.81. The third-order valence-corrected chi connectivity index (χ3v) is 5.41. The minimum atomic E-state index is 0.0466. The van der Waals surface area contributed by atoms with E-state index in [-0.39, 0.29) is 5.91 Å². The van der Waals surface area contributed by atoms with E-state index < -0.39 is 0 Å². The molecule has 1 atom stereocenters. The van der Waals surface area contributed by atoms with Crippen LogP contribution >= 0.6 is 0 Å². The molecule has 1 aromatic heterocycles. The summed E-state index contributed by atoms with van der Waals surface area (Å²) in [4.78, 5) is 24.4. The number of aromatic nitrogens is 1. The van der Waals surface area contributed by atoms with Crippen LogP contribution in [-0.4, -0.2) is 85.1 Å². The second-order valence-electron chi connectivity index (χ2n) is 7.25. The maximum Gasteiger partial charge on any atom is 0.259 e. The van der Waals surface area contributed by atoms with Gasteiger partial charge in [-0.25, -0.2) is 4.98 Å². The first-order chi connectivity index (χ1) is 12.1. The summed E-state index contributed by atoms with van der Waals surface area (Å²) < 4.78 is 5.35. The lowest BCUT2D eigenvalue weighted by atomic mass is 10.1. The highest BCUT2D eigenvalue weighted by Crippen LogP contribution is 2.22. The number of ether oxygens (including phenoxy) is 1. The number of amides is 1. The third-order valence-electron chi connectivity index (χ3n) is 5.41. The Morgan fingerprint density at radius 3 is 2.64 bits per heavy atom. The Balaban J connectivity index is 1.73. The summed E-state index contributed by atoms with van der Waals surface area (Å²) in [5.41, 5.74) is 1.44. The molecular formula is C19H30N4O2. The molecule has 2 saturated heterocycles. The Labute approximate surface area is 150 Å². The molecule has 3 heterocycles. The van der Waals surface area contributed by atoms with E-state index in [4.69, 9.17) is 4.74 Å². The van der Waals surface area contributed by atoms with Crippen LogP contribution in [0.3, 0.4) is 0 Å². The minimum Gasteiger partial charge on any atom is -0.480 e. The van der Waals surface area contributed by atoms with Crippen LogP contribution in [0.2, 0.25) is 0 Å². The van der Waals surface area contributed by atoms with E-state index in [0.29, 0.717) is 17.5 Å². The summed E-state index contributed by atoms with van der Waals surface area (Å²) in [5.74, 6) is 0.482. The SMILES string of the molecule is COc1nc(C)ccc1C(=O)N1CCCCC(N2CCN(C)CC2)C1. The fourth-order valence-corrected chi connectivity index (χ4v) is 3.81. The fraction of sp³-hybridized carbons (Fsp3) is 0.684. The lowest BCUT2D eigenvalue weighted by Crippen LogP contribution is -2.52. The molecule has 0 aromatic carbocycles. The summed E-state index contributed by atoms with van der Waals surface area (Å²) in [7, 11) is 3.75. The number of hydrogen-bond acceptors (Lipinski definition) is 5. The first-order valence-electron chi connectivity index (χ1n) is 9.32. The largest absolute Gasteiger partial charge is 0.480 e. The molecule has 6 nitrogen and oxygen atoms in total. The molecule has 0 N–H and O–H groups in total. The van der Waals surface area contributed by atoms with Gasteiger partial charge in [-0.05, 0) is 38.9 Å². The lowest BCUT2D eigenvalue weighted by molar-refractivity contribution is 0.0628. The highest BCUT2D eigenvalue weighted by molar-refractivity contribution is 5.96. The van der Waals surface area contributed by atoms with Crippen LogP contribution < -0.4 is 4.74 Å². The number of hydrogen-bond donors (Lipinski definition) is 0. The molecule has 1 unspecified atom stereocenters. The summed E-state index contributed by atoms with van der Waals surface area (Å²) in [6.45, 7) is 7.95. The van der Waals surface area contributed by atoms with Crippen LogP contribution in [0.25, 0.3) is 0 Å². The first-order valence-corrected chi connectivity index (χ1v) is 9.32. The molecule has 2 fully saturated rings. The van der Waals surface area contributed by atoms with Crippen molar-refractivity contribution in [3.05, 3.63) is 23.4 Å². The van der Waals surface area contributed by atoms with Gasteiger partial charge < -0.3 is 14.5 Å². The Hall–Kier alpha value is -1.66. The van der Waals surface area contributed by atoms with Gasteiger partial charge in [-0.2, -0.15) is 0 Å². The lowest BCUT2D eigenvalue weighted by Gasteiger charge is -2.39. The molecule has 0 spiro atoms. The topological polar surface area (TPSA) is 48.9 Å². The molecule has 25 heavy (non-hydrogen) atoms. The Kier molecular flexibility index (Phi) is 5.91. The molecule has 0 saturated carbocycles. The zero-order valence-corrected chi connectivity index (χ0v) is 15.7. The molecule has 0 bridgehead atoms. The molecule has 3 rings (SSSR count). The maximum absolute atomic E-state index is 13.1. The van der Waals surface area contributed by atoms with Crippen molar-refractivity contribution < 1.29 is 9.53 Å². The van der Waals surface area contributed by atoms with E-state index in [1.54, 1.807) is 7.11 Å². The quantitative estimate of drug-likeness (QED) is 0.833. The van der Waals surface area contributed by atoms with Crippen molar-refractivity contribution in [3.8, 4) is 5.88 Å². The van der Waals surface area contributed by atoms with Gasteiger partial charge in [0.25, 0.3) is 5.91 Å².